The SMILES string of the molecule is COc1cc(-c2cncc(O)c2)ccc1C#N. The molecule has 0 aliphatic heterocycles. The van der Waals surface area contributed by atoms with Gasteiger partial charge in [-0.3, -0.25) is 4.98 Å². The maximum atomic E-state index is 9.36. The average molecular weight is 226 g/mol. The number of hydrogen-bond donors (Lipinski definition) is 1. The van der Waals surface area contributed by atoms with Crippen LogP contribution in [-0.2, 0) is 0 Å². The van der Waals surface area contributed by atoms with Crippen LogP contribution in [0, 0.1) is 11.3 Å². The normalized spacial score (nSPS) is 9.65. The molecule has 0 amide bonds. The number of hydrogen-bond acceptors (Lipinski definition) is 4. The molecule has 0 aliphatic carbocycles. The standard InChI is InChI=1S/C13H10N2O2/c1-17-13-5-9(2-3-10(13)6-14)11-4-12(16)8-15-7-11/h2-5,7-8,16H,1H3. The van der Waals surface area contributed by atoms with E-state index in [2.05, 4.69) is 4.98 Å². The van der Waals surface area contributed by atoms with Gasteiger partial charge in [-0.05, 0) is 23.8 Å². The van der Waals surface area contributed by atoms with Gasteiger partial charge >= 0.3 is 0 Å². The molecule has 17 heavy (non-hydrogen) atoms. The Morgan fingerprint density at radius 2 is 2.06 bits per heavy atom. The van der Waals surface area contributed by atoms with Crippen LogP contribution in [0.2, 0.25) is 0 Å². The number of rotatable bonds is 2. The van der Waals surface area contributed by atoms with Gasteiger partial charge in [-0.2, -0.15) is 5.26 Å². The number of nitriles is 1. The number of nitrogens with zero attached hydrogens (tertiary/aromatic N) is 2. The van der Waals surface area contributed by atoms with Crippen LogP contribution in [0.5, 0.6) is 11.5 Å². The first-order valence-electron chi connectivity index (χ1n) is 4.97. The molecule has 0 atom stereocenters. The van der Waals surface area contributed by atoms with Crippen LogP contribution in [0.1, 0.15) is 5.56 Å². The molecule has 4 heteroatoms. The Hall–Kier alpha value is -2.54. The maximum absolute atomic E-state index is 9.36. The Bertz CT molecular complexity index is 588. The second-order valence-corrected chi connectivity index (χ2v) is 3.46. The predicted octanol–water partition coefficient (Wildman–Crippen LogP) is 2.33. The zero-order valence-corrected chi connectivity index (χ0v) is 9.21. The van der Waals surface area contributed by atoms with Crippen molar-refractivity contribution in [1.82, 2.24) is 4.98 Å². The van der Waals surface area contributed by atoms with E-state index in [4.69, 9.17) is 10.00 Å². The van der Waals surface area contributed by atoms with E-state index in [1.807, 2.05) is 6.07 Å². The van der Waals surface area contributed by atoms with Crippen molar-refractivity contribution in [3.63, 3.8) is 0 Å². The first-order chi connectivity index (χ1) is 8.24. The molecule has 0 saturated heterocycles. The zero-order valence-electron chi connectivity index (χ0n) is 9.21. The zero-order chi connectivity index (χ0) is 12.3. The van der Waals surface area contributed by atoms with Crippen molar-refractivity contribution in [2.24, 2.45) is 0 Å². The number of aromatic nitrogens is 1. The maximum Gasteiger partial charge on any atom is 0.137 e. The average Bonchev–Trinajstić information content (AvgIpc) is 2.38. The van der Waals surface area contributed by atoms with E-state index in [1.54, 1.807) is 30.5 Å². The van der Waals surface area contributed by atoms with Gasteiger partial charge < -0.3 is 9.84 Å². The van der Waals surface area contributed by atoms with Crippen LogP contribution >= 0.6 is 0 Å². The quantitative estimate of drug-likeness (QED) is 0.853. The van der Waals surface area contributed by atoms with E-state index in [1.165, 1.54) is 13.3 Å². The fourth-order valence-corrected chi connectivity index (χ4v) is 1.55. The predicted molar refractivity (Wildman–Crippen MR) is 62.6 cm³/mol. The van der Waals surface area contributed by atoms with Crippen LogP contribution in [0.25, 0.3) is 11.1 Å². The van der Waals surface area contributed by atoms with Crippen molar-refractivity contribution in [1.29, 1.82) is 5.26 Å². The molecule has 84 valence electrons. The summed E-state index contributed by atoms with van der Waals surface area (Å²) in [6.07, 6.45) is 3.00. The van der Waals surface area contributed by atoms with Crippen LogP contribution in [0.4, 0.5) is 0 Å². The van der Waals surface area contributed by atoms with Crippen LogP contribution in [-0.4, -0.2) is 17.2 Å². The molecule has 1 heterocycles. The Morgan fingerprint density at radius 1 is 1.24 bits per heavy atom. The summed E-state index contributed by atoms with van der Waals surface area (Å²) in [5, 5.41) is 18.2. The Labute approximate surface area is 98.7 Å². The van der Waals surface area contributed by atoms with Gasteiger partial charge in [0.25, 0.3) is 0 Å². The summed E-state index contributed by atoms with van der Waals surface area (Å²) in [6, 6.07) is 8.86. The van der Waals surface area contributed by atoms with Crippen molar-refractivity contribution < 1.29 is 9.84 Å². The lowest BCUT2D eigenvalue weighted by Gasteiger charge is -2.06. The summed E-state index contributed by atoms with van der Waals surface area (Å²) in [4.78, 5) is 3.90. The molecule has 4 nitrogen and oxygen atoms in total. The topological polar surface area (TPSA) is 66.1 Å². The van der Waals surface area contributed by atoms with Gasteiger partial charge in [-0.15, -0.1) is 0 Å². The van der Waals surface area contributed by atoms with Crippen LogP contribution < -0.4 is 4.74 Å². The molecule has 0 saturated carbocycles. The third kappa shape index (κ3) is 2.18. The van der Waals surface area contributed by atoms with Crippen molar-refractivity contribution in [2.75, 3.05) is 7.11 Å². The molecule has 2 rings (SSSR count). The van der Waals surface area contributed by atoms with Crippen molar-refractivity contribution in [3.8, 4) is 28.7 Å². The minimum absolute atomic E-state index is 0.103. The molecule has 2 aromatic rings. The highest BCUT2D eigenvalue weighted by Gasteiger charge is 2.06. The molecular formula is C13H10N2O2. The molecule has 1 aromatic carbocycles. The molecular weight excluding hydrogens is 216 g/mol. The number of aromatic hydroxyl groups is 1. The summed E-state index contributed by atoms with van der Waals surface area (Å²) in [6.45, 7) is 0. The van der Waals surface area contributed by atoms with Gasteiger partial charge in [0, 0.05) is 11.8 Å². The second-order valence-electron chi connectivity index (χ2n) is 3.46. The second kappa shape index (κ2) is 4.54. The molecule has 1 aromatic heterocycles. The number of ether oxygens (including phenoxy) is 1. The van der Waals surface area contributed by atoms with Crippen molar-refractivity contribution >= 4 is 0 Å². The Morgan fingerprint density at radius 3 is 2.71 bits per heavy atom. The first kappa shape index (κ1) is 11.0. The van der Waals surface area contributed by atoms with Gasteiger partial charge in [0.2, 0.25) is 0 Å². The van der Waals surface area contributed by atoms with Crippen molar-refractivity contribution in [2.45, 2.75) is 0 Å². The molecule has 0 bridgehead atoms. The fourth-order valence-electron chi connectivity index (χ4n) is 1.55. The fraction of sp³-hybridized carbons (Fsp3) is 0.0769. The summed E-state index contributed by atoms with van der Waals surface area (Å²) < 4.78 is 5.12. The smallest absolute Gasteiger partial charge is 0.137 e. The van der Waals surface area contributed by atoms with E-state index in [0.717, 1.165) is 11.1 Å². The lowest BCUT2D eigenvalue weighted by Crippen LogP contribution is -1.89. The highest BCUT2D eigenvalue weighted by atomic mass is 16.5. The van der Waals surface area contributed by atoms with Gasteiger partial charge in [-0.1, -0.05) is 6.07 Å². The first-order valence-corrected chi connectivity index (χ1v) is 4.97. The Kier molecular flexibility index (Phi) is 2.93. The molecule has 0 radical (unpaired) electrons. The molecule has 0 spiro atoms. The van der Waals surface area contributed by atoms with Gasteiger partial charge in [0.05, 0.1) is 18.9 Å². The lowest BCUT2D eigenvalue weighted by molar-refractivity contribution is 0.413. The summed E-state index contributed by atoms with van der Waals surface area (Å²) in [5.74, 6) is 0.610. The number of pyridine rings is 1. The highest BCUT2D eigenvalue weighted by molar-refractivity contribution is 5.67. The number of methoxy groups -OCH3 is 1. The largest absolute Gasteiger partial charge is 0.506 e. The van der Waals surface area contributed by atoms with Gasteiger partial charge in [0.15, 0.2) is 0 Å². The van der Waals surface area contributed by atoms with Crippen molar-refractivity contribution in [3.05, 3.63) is 42.2 Å². The van der Waals surface area contributed by atoms with E-state index < -0.39 is 0 Å². The van der Waals surface area contributed by atoms with E-state index in [0.29, 0.717) is 11.3 Å². The van der Waals surface area contributed by atoms with E-state index >= 15 is 0 Å². The third-order valence-corrected chi connectivity index (χ3v) is 2.38. The molecule has 0 fully saturated rings. The summed E-state index contributed by atoms with van der Waals surface area (Å²) in [5.41, 5.74) is 2.08. The highest BCUT2D eigenvalue weighted by Crippen LogP contribution is 2.27. The minimum atomic E-state index is 0.103. The summed E-state index contributed by atoms with van der Waals surface area (Å²) >= 11 is 0. The molecule has 0 unspecified atom stereocenters. The van der Waals surface area contributed by atoms with Gasteiger partial charge in [0.1, 0.15) is 17.6 Å². The van der Waals surface area contributed by atoms with Gasteiger partial charge in [-0.25, -0.2) is 0 Å². The van der Waals surface area contributed by atoms with Crippen LogP contribution in [0.15, 0.2) is 36.7 Å². The minimum Gasteiger partial charge on any atom is -0.506 e. The summed E-state index contributed by atoms with van der Waals surface area (Å²) in [7, 11) is 1.51. The molecule has 0 aliphatic rings. The third-order valence-electron chi connectivity index (χ3n) is 2.38. The number of benzene rings is 1. The van der Waals surface area contributed by atoms with E-state index in [9.17, 15) is 5.11 Å². The van der Waals surface area contributed by atoms with Crippen LogP contribution in [0.3, 0.4) is 0 Å². The monoisotopic (exact) mass is 226 g/mol. The van der Waals surface area contributed by atoms with E-state index in [-0.39, 0.29) is 5.75 Å². The Balaban J connectivity index is 2.51. The lowest BCUT2D eigenvalue weighted by atomic mass is 10.0. The molecule has 1 N–H and O–H groups in total.